The van der Waals surface area contributed by atoms with Crippen LogP contribution in [0.15, 0.2) is 24.3 Å². The molecule has 1 aliphatic rings. The summed E-state index contributed by atoms with van der Waals surface area (Å²) in [6.07, 6.45) is 1.97. The van der Waals surface area contributed by atoms with Gasteiger partial charge in [-0.2, -0.15) is 0 Å². The highest BCUT2D eigenvalue weighted by molar-refractivity contribution is 5.68. The highest BCUT2D eigenvalue weighted by Crippen LogP contribution is 2.16. The van der Waals surface area contributed by atoms with Crippen molar-refractivity contribution in [3.8, 4) is 0 Å². The van der Waals surface area contributed by atoms with Crippen LogP contribution in [0, 0.1) is 0 Å². The van der Waals surface area contributed by atoms with Gasteiger partial charge in [0.2, 0.25) is 0 Å². The van der Waals surface area contributed by atoms with Crippen LogP contribution in [0.2, 0.25) is 0 Å². The van der Waals surface area contributed by atoms with E-state index in [9.17, 15) is 4.79 Å². The Balaban J connectivity index is 1.74. The van der Waals surface area contributed by atoms with Crippen LogP contribution in [-0.4, -0.2) is 53.7 Å². The van der Waals surface area contributed by atoms with Crippen molar-refractivity contribution in [2.45, 2.75) is 52.2 Å². The van der Waals surface area contributed by atoms with Gasteiger partial charge >= 0.3 is 6.09 Å². The van der Waals surface area contributed by atoms with Crippen LogP contribution in [0.3, 0.4) is 0 Å². The predicted octanol–water partition coefficient (Wildman–Crippen LogP) is 3.14. The van der Waals surface area contributed by atoms with Crippen LogP contribution < -0.4 is 5.73 Å². The number of carbonyl (C=O) groups excluding carboxylic acids is 1. The topological polar surface area (TPSA) is 58.8 Å². The smallest absolute Gasteiger partial charge is 0.410 e. The molecule has 0 aliphatic carbocycles. The zero-order chi connectivity index (χ0) is 17.7. The zero-order valence-electron chi connectivity index (χ0n) is 15.4. The molecule has 2 N–H and O–H groups in total. The fourth-order valence-electron chi connectivity index (χ4n) is 3.02. The number of hydrogen-bond acceptors (Lipinski definition) is 4. The van der Waals surface area contributed by atoms with Crippen LogP contribution in [0.1, 0.15) is 39.7 Å². The van der Waals surface area contributed by atoms with Gasteiger partial charge in [-0.1, -0.05) is 12.1 Å². The second-order valence-corrected chi connectivity index (χ2v) is 7.67. The number of hydrogen-bond donors (Lipinski definition) is 1. The van der Waals surface area contributed by atoms with E-state index in [1.54, 1.807) is 0 Å². The highest BCUT2D eigenvalue weighted by atomic mass is 16.6. The average Bonchev–Trinajstić information content (AvgIpc) is 2.47. The lowest BCUT2D eigenvalue weighted by atomic mass is 10.1. The average molecular weight is 333 g/mol. The van der Waals surface area contributed by atoms with Gasteiger partial charge in [-0.25, -0.2) is 4.79 Å². The molecule has 5 heteroatoms. The Kier molecular flexibility index (Phi) is 6.10. The molecule has 0 unspecified atom stereocenters. The second-order valence-electron chi connectivity index (χ2n) is 7.67. The Morgan fingerprint density at radius 2 is 1.92 bits per heavy atom. The molecule has 1 saturated heterocycles. The molecule has 0 aromatic heterocycles. The molecule has 1 amide bonds. The van der Waals surface area contributed by atoms with E-state index in [1.807, 2.05) is 37.8 Å². The minimum absolute atomic E-state index is 0.185. The van der Waals surface area contributed by atoms with Crippen molar-refractivity contribution in [1.82, 2.24) is 9.80 Å². The second kappa shape index (κ2) is 7.88. The summed E-state index contributed by atoms with van der Waals surface area (Å²) in [4.78, 5) is 16.5. The van der Waals surface area contributed by atoms with Crippen molar-refractivity contribution in [2.24, 2.45) is 0 Å². The molecule has 1 atom stereocenters. The number of benzene rings is 1. The molecule has 1 aromatic rings. The molecule has 0 bridgehead atoms. The van der Waals surface area contributed by atoms with E-state index in [0.29, 0.717) is 0 Å². The third-order valence-electron chi connectivity index (χ3n) is 4.26. The van der Waals surface area contributed by atoms with Gasteiger partial charge in [0.25, 0.3) is 0 Å². The number of amides is 1. The van der Waals surface area contributed by atoms with Gasteiger partial charge in [-0.3, -0.25) is 4.90 Å². The molecule has 1 aromatic carbocycles. The Hall–Kier alpha value is -1.75. The van der Waals surface area contributed by atoms with E-state index in [1.165, 1.54) is 5.56 Å². The maximum Gasteiger partial charge on any atom is 0.410 e. The van der Waals surface area contributed by atoms with Crippen molar-refractivity contribution in [2.75, 3.05) is 31.9 Å². The van der Waals surface area contributed by atoms with Gasteiger partial charge in [0.15, 0.2) is 0 Å². The summed E-state index contributed by atoms with van der Waals surface area (Å²) in [6.45, 7) is 11.4. The lowest BCUT2D eigenvalue weighted by molar-refractivity contribution is 0.00142. The minimum Gasteiger partial charge on any atom is -0.444 e. The summed E-state index contributed by atoms with van der Waals surface area (Å²) >= 11 is 0. The number of carbonyl (C=O) groups is 1. The van der Waals surface area contributed by atoms with Crippen LogP contribution in [-0.2, 0) is 11.2 Å². The maximum atomic E-state index is 12.2. The first-order valence-electron chi connectivity index (χ1n) is 8.81. The fourth-order valence-corrected chi connectivity index (χ4v) is 3.02. The molecular formula is C19H31N3O2. The van der Waals surface area contributed by atoms with Gasteiger partial charge in [0.05, 0.1) is 0 Å². The van der Waals surface area contributed by atoms with Gasteiger partial charge in [0, 0.05) is 31.4 Å². The molecule has 0 saturated carbocycles. The SMILES string of the molecule is C[C@H]1CN(CCCc2ccc(N)cc2)CCN1C(=O)OC(C)(C)C. The van der Waals surface area contributed by atoms with Crippen LogP contribution in [0.5, 0.6) is 0 Å². The number of aryl methyl sites for hydroxylation is 1. The Labute approximate surface area is 145 Å². The number of rotatable bonds is 4. The van der Waals surface area contributed by atoms with E-state index in [0.717, 1.165) is 44.7 Å². The largest absolute Gasteiger partial charge is 0.444 e. The molecule has 134 valence electrons. The van der Waals surface area contributed by atoms with Gasteiger partial charge in [-0.05, 0) is 64.8 Å². The highest BCUT2D eigenvalue weighted by Gasteiger charge is 2.30. The molecule has 1 heterocycles. The van der Waals surface area contributed by atoms with Crippen molar-refractivity contribution in [3.05, 3.63) is 29.8 Å². The number of piperazine rings is 1. The first-order chi connectivity index (χ1) is 11.2. The van der Waals surface area contributed by atoms with Crippen LogP contribution in [0.25, 0.3) is 0 Å². The summed E-state index contributed by atoms with van der Waals surface area (Å²) in [7, 11) is 0. The van der Waals surface area contributed by atoms with Gasteiger partial charge in [0.1, 0.15) is 5.60 Å². The molecule has 5 nitrogen and oxygen atoms in total. The van der Waals surface area contributed by atoms with Crippen molar-refractivity contribution in [3.63, 3.8) is 0 Å². The van der Waals surface area contributed by atoms with Crippen molar-refractivity contribution >= 4 is 11.8 Å². The lowest BCUT2D eigenvalue weighted by Crippen LogP contribution is -2.55. The normalized spacial score (nSPS) is 19.3. The molecule has 1 aliphatic heterocycles. The van der Waals surface area contributed by atoms with Crippen LogP contribution >= 0.6 is 0 Å². The molecule has 2 rings (SSSR count). The summed E-state index contributed by atoms with van der Waals surface area (Å²) in [5, 5.41) is 0. The maximum absolute atomic E-state index is 12.2. The number of nitrogens with two attached hydrogens (primary N) is 1. The fraction of sp³-hybridized carbons (Fsp3) is 0.632. The number of nitrogens with zero attached hydrogens (tertiary/aromatic N) is 2. The minimum atomic E-state index is -0.437. The first-order valence-corrected chi connectivity index (χ1v) is 8.81. The Morgan fingerprint density at radius 1 is 1.25 bits per heavy atom. The Morgan fingerprint density at radius 3 is 2.50 bits per heavy atom. The summed E-state index contributed by atoms with van der Waals surface area (Å²) in [6, 6.07) is 8.29. The monoisotopic (exact) mass is 333 g/mol. The van der Waals surface area contributed by atoms with Gasteiger partial charge in [-0.15, -0.1) is 0 Å². The van der Waals surface area contributed by atoms with E-state index in [-0.39, 0.29) is 12.1 Å². The molecule has 24 heavy (non-hydrogen) atoms. The lowest BCUT2D eigenvalue weighted by Gasteiger charge is -2.40. The summed E-state index contributed by atoms with van der Waals surface area (Å²) < 4.78 is 5.49. The predicted molar refractivity (Wildman–Crippen MR) is 98.0 cm³/mol. The standard InChI is InChI=1S/C19H31N3O2/c1-15-14-21(11-5-6-16-7-9-17(20)10-8-16)12-13-22(15)18(23)24-19(2,3)4/h7-10,15H,5-6,11-14,20H2,1-4H3/t15-/m0/s1. The number of anilines is 1. The molecule has 0 radical (unpaired) electrons. The quantitative estimate of drug-likeness (QED) is 0.860. The van der Waals surface area contributed by atoms with Crippen LogP contribution in [0.4, 0.5) is 10.5 Å². The number of ether oxygens (including phenoxy) is 1. The zero-order valence-corrected chi connectivity index (χ0v) is 15.4. The molecule has 1 fully saturated rings. The van der Waals surface area contributed by atoms with Crippen molar-refractivity contribution < 1.29 is 9.53 Å². The third-order valence-corrected chi connectivity index (χ3v) is 4.26. The molecule has 0 spiro atoms. The third kappa shape index (κ3) is 5.71. The molecular weight excluding hydrogens is 302 g/mol. The summed E-state index contributed by atoms with van der Waals surface area (Å²) in [5.74, 6) is 0. The van der Waals surface area contributed by atoms with Crippen molar-refractivity contribution in [1.29, 1.82) is 0 Å². The Bertz CT molecular complexity index is 537. The number of nitrogen functional groups attached to an aromatic ring is 1. The van der Waals surface area contributed by atoms with E-state index in [4.69, 9.17) is 10.5 Å². The van der Waals surface area contributed by atoms with E-state index < -0.39 is 5.60 Å². The van der Waals surface area contributed by atoms with E-state index in [2.05, 4.69) is 24.0 Å². The summed E-state index contributed by atoms with van der Waals surface area (Å²) in [5.41, 5.74) is 7.41. The van der Waals surface area contributed by atoms with Gasteiger partial charge < -0.3 is 15.4 Å². The van der Waals surface area contributed by atoms with E-state index >= 15 is 0 Å². The first kappa shape index (κ1) is 18.6.